The summed E-state index contributed by atoms with van der Waals surface area (Å²) in [7, 11) is 0. The zero-order chi connectivity index (χ0) is 19.6. The summed E-state index contributed by atoms with van der Waals surface area (Å²) in [5.74, 6) is 1.01. The van der Waals surface area contributed by atoms with Crippen LogP contribution >= 0.6 is 35.0 Å². The van der Waals surface area contributed by atoms with E-state index >= 15 is 0 Å². The Kier molecular flexibility index (Phi) is 6.37. The normalized spacial score (nSPS) is 11.3. The minimum absolute atomic E-state index is 0.158. The molecule has 0 saturated heterocycles. The van der Waals surface area contributed by atoms with Gasteiger partial charge in [-0.2, -0.15) is 0 Å². The maximum absolute atomic E-state index is 9.84. The minimum Gasteiger partial charge on any atom is -0.508 e. The fourth-order valence-electron chi connectivity index (χ4n) is 2.75. The summed E-state index contributed by atoms with van der Waals surface area (Å²) in [5.41, 5.74) is 1.92. The number of nitrogens with zero attached hydrogens (tertiary/aromatic N) is 2. The van der Waals surface area contributed by atoms with E-state index in [0.29, 0.717) is 22.4 Å². The van der Waals surface area contributed by atoms with Crippen LogP contribution in [0.2, 0.25) is 10.0 Å². The maximum atomic E-state index is 9.84. The van der Waals surface area contributed by atoms with Crippen LogP contribution in [0, 0.1) is 0 Å². The van der Waals surface area contributed by atoms with Gasteiger partial charge < -0.3 is 14.8 Å². The Morgan fingerprint density at radius 3 is 2.26 bits per heavy atom. The van der Waals surface area contributed by atoms with E-state index in [9.17, 15) is 10.2 Å². The van der Waals surface area contributed by atoms with Gasteiger partial charge in [-0.05, 0) is 41.8 Å². The second-order valence-electron chi connectivity index (χ2n) is 6.49. The van der Waals surface area contributed by atoms with Gasteiger partial charge in [0.1, 0.15) is 23.2 Å². The Bertz CT molecular complexity index is 920. The zero-order valence-electron chi connectivity index (χ0n) is 15.0. The van der Waals surface area contributed by atoms with Gasteiger partial charge >= 0.3 is 0 Å². The van der Waals surface area contributed by atoms with Crippen LogP contribution in [-0.2, 0) is 13.2 Å². The Morgan fingerprint density at radius 1 is 1.07 bits per heavy atom. The molecule has 4 nitrogen and oxygen atoms in total. The molecular formula is C20H20Cl2N2O2S. The molecule has 2 N–H and O–H groups in total. The van der Waals surface area contributed by atoms with Gasteiger partial charge in [0.15, 0.2) is 0 Å². The molecule has 0 aliphatic carbocycles. The predicted molar refractivity (Wildman–Crippen MR) is 110 cm³/mol. The third-order valence-electron chi connectivity index (χ3n) is 4.04. The Balaban J connectivity index is 2.06. The first-order valence-electron chi connectivity index (χ1n) is 8.49. The number of aromatic nitrogens is 2. The molecule has 3 aromatic rings. The van der Waals surface area contributed by atoms with Crippen molar-refractivity contribution < 1.29 is 10.2 Å². The molecule has 0 saturated carbocycles. The lowest BCUT2D eigenvalue weighted by atomic mass is 10.1. The first-order chi connectivity index (χ1) is 12.9. The van der Waals surface area contributed by atoms with Crippen LogP contribution in [0.1, 0.15) is 36.8 Å². The van der Waals surface area contributed by atoms with E-state index in [2.05, 4.69) is 18.8 Å². The number of aliphatic hydroxyl groups is 1. The predicted octanol–water partition coefficient (Wildman–Crippen LogP) is 5.71. The van der Waals surface area contributed by atoms with E-state index < -0.39 is 0 Å². The second-order valence-corrected chi connectivity index (χ2v) is 8.43. The number of phenols is 1. The lowest BCUT2D eigenvalue weighted by molar-refractivity contribution is 0.265. The number of rotatable bonds is 6. The third kappa shape index (κ3) is 4.79. The molecule has 0 amide bonds. The summed E-state index contributed by atoms with van der Waals surface area (Å²) in [6, 6.07) is 12.4. The van der Waals surface area contributed by atoms with Crippen LogP contribution < -0.4 is 0 Å². The van der Waals surface area contributed by atoms with Gasteiger partial charge in [-0.3, -0.25) is 0 Å². The highest BCUT2D eigenvalue weighted by atomic mass is 35.5. The highest BCUT2D eigenvalue weighted by Gasteiger charge is 2.20. The van der Waals surface area contributed by atoms with Gasteiger partial charge in [-0.15, -0.1) is 0 Å². The van der Waals surface area contributed by atoms with Crippen LogP contribution in [0.15, 0.2) is 52.4 Å². The molecular weight excluding hydrogens is 403 g/mol. The molecule has 3 rings (SSSR count). The Labute approximate surface area is 172 Å². The van der Waals surface area contributed by atoms with Gasteiger partial charge in [0.25, 0.3) is 0 Å². The maximum Gasteiger partial charge on any atom is 0.136 e. The number of imidazole rings is 1. The Hall–Kier alpha value is -1.66. The number of benzene rings is 2. The molecule has 7 heteroatoms. The molecule has 0 unspecified atom stereocenters. The van der Waals surface area contributed by atoms with Crippen molar-refractivity contribution in [1.29, 1.82) is 0 Å². The average molecular weight is 423 g/mol. The van der Waals surface area contributed by atoms with Crippen LogP contribution in [-0.4, -0.2) is 19.8 Å². The second kappa shape index (κ2) is 8.57. The van der Waals surface area contributed by atoms with Crippen molar-refractivity contribution in [1.82, 2.24) is 9.55 Å². The zero-order valence-corrected chi connectivity index (χ0v) is 17.3. The van der Waals surface area contributed by atoms with E-state index in [1.54, 1.807) is 18.2 Å². The molecule has 0 radical (unpaired) electrons. The number of hydrogen-bond acceptors (Lipinski definition) is 4. The monoisotopic (exact) mass is 422 g/mol. The number of aliphatic hydroxyl groups excluding tert-OH is 1. The standard InChI is InChI=1S/C20H20Cl2N2O2S/c1-12(2)19-20(27-17-8-14(21)7-15(22)9-17)24(18(11-25)23-19)10-13-3-5-16(26)6-4-13/h3-9,12,25-26H,10-11H2,1-2H3. The van der Waals surface area contributed by atoms with E-state index in [4.69, 9.17) is 23.2 Å². The van der Waals surface area contributed by atoms with Crippen molar-refractivity contribution >= 4 is 35.0 Å². The molecule has 0 aliphatic heterocycles. The SMILES string of the molecule is CC(C)c1nc(CO)n(Cc2ccc(O)cc2)c1Sc1cc(Cl)cc(Cl)c1. The van der Waals surface area contributed by atoms with Gasteiger partial charge in [0.05, 0.1) is 5.69 Å². The van der Waals surface area contributed by atoms with Crippen molar-refractivity contribution in [2.45, 2.75) is 42.8 Å². The molecule has 1 heterocycles. The number of halogens is 2. The molecule has 27 heavy (non-hydrogen) atoms. The topological polar surface area (TPSA) is 58.3 Å². The fraction of sp³-hybridized carbons (Fsp3) is 0.250. The van der Waals surface area contributed by atoms with Crippen molar-refractivity contribution in [2.24, 2.45) is 0 Å². The summed E-state index contributed by atoms with van der Waals surface area (Å²) >= 11 is 13.8. The van der Waals surface area contributed by atoms with Crippen molar-refractivity contribution in [3.05, 3.63) is 69.6 Å². The van der Waals surface area contributed by atoms with Crippen LogP contribution in [0.3, 0.4) is 0 Å². The first kappa shape index (κ1) is 20.1. The highest BCUT2D eigenvalue weighted by molar-refractivity contribution is 7.99. The van der Waals surface area contributed by atoms with Crippen LogP contribution in [0.25, 0.3) is 0 Å². The summed E-state index contributed by atoms with van der Waals surface area (Å²) in [6.45, 7) is 4.52. The van der Waals surface area contributed by atoms with Gasteiger partial charge in [0, 0.05) is 21.5 Å². The minimum atomic E-state index is -0.158. The van der Waals surface area contributed by atoms with Crippen LogP contribution in [0.5, 0.6) is 5.75 Å². The third-order valence-corrected chi connectivity index (χ3v) is 5.57. The quantitative estimate of drug-likeness (QED) is 0.533. The molecule has 0 fully saturated rings. The number of phenolic OH excluding ortho intramolecular Hbond substituents is 1. The molecule has 0 bridgehead atoms. The summed E-state index contributed by atoms with van der Waals surface area (Å²) in [6.07, 6.45) is 0. The van der Waals surface area contributed by atoms with Gasteiger partial charge in [-0.1, -0.05) is 60.9 Å². The van der Waals surface area contributed by atoms with Gasteiger partial charge in [0.2, 0.25) is 0 Å². The van der Waals surface area contributed by atoms with E-state index in [1.807, 2.05) is 28.8 Å². The average Bonchev–Trinajstić information content (AvgIpc) is 2.94. The molecule has 0 atom stereocenters. The largest absolute Gasteiger partial charge is 0.508 e. The van der Waals surface area contributed by atoms with Crippen molar-refractivity contribution in [2.75, 3.05) is 0 Å². The lowest BCUT2D eigenvalue weighted by Crippen LogP contribution is -2.06. The summed E-state index contributed by atoms with van der Waals surface area (Å²) in [5, 5.41) is 21.4. The summed E-state index contributed by atoms with van der Waals surface area (Å²) in [4.78, 5) is 5.57. The van der Waals surface area contributed by atoms with E-state index in [-0.39, 0.29) is 18.3 Å². The van der Waals surface area contributed by atoms with E-state index in [1.165, 1.54) is 11.8 Å². The smallest absolute Gasteiger partial charge is 0.136 e. The fourth-order valence-corrected chi connectivity index (χ4v) is 4.67. The van der Waals surface area contributed by atoms with Gasteiger partial charge in [-0.25, -0.2) is 4.98 Å². The lowest BCUT2D eigenvalue weighted by Gasteiger charge is -2.13. The molecule has 2 aromatic carbocycles. The van der Waals surface area contributed by atoms with E-state index in [0.717, 1.165) is 21.2 Å². The van der Waals surface area contributed by atoms with Crippen molar-refractivity contribution in [3.63, 3.8) is 0 Å². The highest BCUT2D eigenvalue weighted by Crippen LogP contribution is 2.37. The number of aromatic hydroxyl groups is 1. The molecule has 142 valence electrons. The molecule has 0 spiro atoms. The van der Waals surface area contributed by atoms with Crippen molar-refractivity contribution in [3.8, 4) is 5.75 Å². The van der Waals surface area contributed by atoms with Crippen LogP contribution in [0.4, 0.5) is 0 Å². The molecule has 1 aromatic heterocycles. The number of hydrogen-bond donors (Lipinski definition) is 2. The first-order valence-corrected chi connectivity index (χ1v) is 10.1. The Morgan fingerprint density at radius 2 is 1.70 bits per heavy atom. The summed E-state index contributed by atoms with van der Waals surface area (Å²) < 4.78 is 2.00. The molecule has 0 aliphatic rings.